The summed E-state index contributed by atoms with van der Waals surface area (Å²) >= 11 is 1.29. The lowest BCUT2D eigenvalue weighted by atomic mass is 9.97. The molecule has 1 atom stereocenters. The van der Waals surface area contributed by atoms with Gasteiger partial charge in [-0.3, -0.25) is 14.8 Å². The molecule has 0 spiro atoms. The van der Waals surface area contributed by atoms with Crippen molar-refractivity contribution < 1.29 is 9.90 Å². The molecule has 7 nitrogen and oxygen atoms in total. The van der Waals surface area contributed by atoms with Crippen molar-refractivity contribution in [2.75, 3.05) is 0 Å². The molecule has 0 aliphatic rings. The van der Waals surface area contributed by atoms with E-state index >= 15 is 0 Å². The highest BCUT2D eigenvalue weighted by Crippen LogP contribution is 2.30. The molecule has 0 aliphatic heterocycles. The van der Waals surface area contributed by atoms with Gasteiger partial charge in [0.25, 0.3) is 5.91 Å². The Bertz CT molecular complexity index is 1240. The van der Waals surface area contributed by atoms with Crippen molar-refractivity contribution in [2.24, 2.45) is 0 Å². The maximum absolute atomic E-state index is 13.2. The number of hydrogen-bond acceptors (Lipinski definition) is 7. The van der Waals surface area contributed by atoms with Crippen LogP contribution in [0.3, 0.4) is 0 Å². The Morgan fingerprint density at radius 2 is 1.84 bits per heavy atom. The number of thiazole rings is 1. The number of para-hydroxylation sites is 1. The van der Waals surface area contributed by atoms with E-state index in [4.69, 9.17) is 5.41 Å². The van der Waals surface area contributed by atoms with Crippen LogP contribution in [-0.2, 0) is 0 Å². The van der Waals surface area contributed by atoms with Crippen LogP contribution in [0.15, 0.2) is 73.3 Å². The number of nitrogens with one attached hydrogen (secondary N) is 2. The molecule has 0 fully saturated rings. The monoisotopic (exact) mass is 443 g/mol. The first kappa shape index (κ1) is 21.3. The van der Waals surface area contributed by atoms with E-state index in [0.29, 0.717) is 32.4 Å². The van der Waals surface area contributed by atoms with Crippen LogP contribution in [0, 0.1) is 12.3 Å². The summed E-state index contributed by atoms with van der Waals surface area (Å²) < 4.78 is 0. The normalized spacial score (nSPS) is 11.7. The zero-order chi connectivity index (χ0) is 22.5. The van der Waals surface area contributed by atoms with E-state index in [-0.39, 0.29) is 18.1 Å². The van der Waals surface area contributed by atoms with Gasteiger partial charge in [-0.15, -0.1) is 11.3 Å². The van der Waals surface area contributed by atoms with Crippen molar-refractivity contribution in [2.45, 2.75) is 19.4 Å². The fraction of sp³-hybridized carbons (Fsp3) is 0.125. The molecule has 1 amide bonds. The van der Waals surface area contributed by atoms with Crippen LogP contribution in [-0.4, -0.2) is 31.7 Å². The van der Waals surface area contributed by atoms with Crippen LogP contribution in [0.2, 0.25) is 0 Å². The van der Waals surface area contributed by atoms with E-state index in [1.165, 1.54) is 11.3 Å². The fourth-order valence-electron chi connectivity index (χ4n) is 3.33. The van der Waals surface area contributed by atoms with Gasteiger partial charge in [0.05, 0.1) is 11.7 Å². The van der Waals surface area contributed by atoms with Crippen LogP contribution in [0.1, 0.15) is 39.0 Å². The molecule has 8 heteroatoms. The minimum absolute atomic E-state index is 0.0638. The molecule has 3 N–H and O–H groups in total. The third kappa shape index (κ3) is 4.70. The number of phenols is 1. The summed E-state index contributed by atoms with van der Waals surface area (Å²) in [7, 11) is 0. The van der Waals surface area contributed by atoms with Gasteiger partial charge in [0, 0.05) is 53.6 Å². The van der Waals surface area contributed by atoms with E-state index in [1.807, 2.05) is 12.1 Å². The minimum atomic E-state index is -0.597. The summed E-state index contributed by atoms with van der Waals surface area (Å²) in [6, 6.07) is 13.5. The Balaban J connectivity index is 1.61. The fourth-order valence-corrected chi connectivity index (χ4v) is 4.29. The van der Waals surface area contributed by atoms with E-state index in [1.54, 1.807) is 68.1 Å². The lowest BCUT2D eigenvalue weighted by Gasteiger charge is -2.20. The first-order chi connectivity index (χ1) is 15.5. The van der Waals surface area contributed by atoms with Gasteiger partial charge in [-0.2, -0.15) is 0 Å². The number of phenolic OH excluding ortho intramolecular Hbond substituents is 1. The molecular weight excluding hydrogens is 422 g/mol. The number of pyridine rings is 2. The molecule has 0 bridgehead atoms. The third-order valence-corrected chi connectivity index (χ3v) is 6.15. The number of carbonyl (C=O) groups excluding carboxylic acids is 1. The quantitative estimate of drug-likeness (QED) is 0.363. The third-order valence-electron chi connectivity index (χ3n) is 4.95. The maximum Gasteiger partial charge on any atom is 0.263 e. The van der Waals surface area contributed by atoms with Gasteiger partial charge in [-0.1, -0.05) is 24.3 Å². The number of amides is 1. The van der Waals surface area contributed by atoms with Crippen LogP contribution in [0.5, 0.6) is 5.75 Å². The summed E-state index contributed by atoms with van der Waals surface area (Å²) in [4.78, 5) is 26.4. The Hall–Kier alpha value is -3.91. The molecule has 160 valence electrons. The number of rotatable bonds is 7. The van der Waals surface area contributed by atoms with E-state index < -0.39 is 6.04 Å². The second-order valence-electron chi connectivity index (χ2n) is 7.18. The predicted molar refractivity (Wildman–Crippen MR) is 124 cm³/mol. The van der Waals surface area contributed by atoms with E-state index in [9.17, 15) is 9.90 Å². The average Bonchev–Trinajstić information content (AvgIpc) is 3.22. The van der Waals surface area contributed by atoms with Gasteiger partial charge in [-0.05, 0) is 31.2 Å². The second-order valence-corrected chi connectivity index (χ2v) is 8.18. The standard InChI is InChI=1S/C24H21N5O2S/c1-15-22(32-24(28-15)17-7-5-11-27-14-17)23(31)29-20(18-8-2-3-9-21(18)30)12-19(25)16-6-4-10-26-13-16/h2-11,13-14,20,25,30H,12H2,1H3,(H,29,31). The summed E-state index contributed by atoms with van der Waals surface area (Å²) in [6.45, 7) is 1.79. The van der Waals surface area contributed by atoms with E-state index in [2.05, 4.69) is 20.3 Å². The van der Waals surface area contributed by atoms with Crippen molar-refractivity contribution >= 4 is 23.0 Å². The highest BCUT2D eigenvalue weighted by Gasteiger charge is 2.24. The van der Waals surface area contributed by atoms with Crippen molar-refractivity contribution in [3.8, 4) is 16.3 Å². The predicted octanol–water partition coefficient (Wildman–Crippen LogP) is 4.54. The zero-order valence-electron chi connectivity index (χ0n) is 17.3. The molecule has 3 heterocycles. The number of nitrogens with zero attached hydrogens (tertiary/aromatic N) is 3. The Labute approximate surface area is 189 Å². The smallest absolute Gasteiger partial charge is 0.263 e. The molecule has 32 heavy (non-hydrogen) atoms. The average molecular weight is 444 g/mol. The summed E-state index contributed by atoms with van der Waals surface area (Å²) in [5.41, 5.74) is 2.97. The molecule has 0 aliphatic carbocycles. The van der Waals surface area contributed by atoms with Crippen LogP contribution in [0.25, 0.3) is 10.6 Å². The minimum Gasteiger partial charge on any atom is -0.508 e. The summed E-state index contributed by atoms with van der Waals surface area (Å²) in [5, 5.41) is 22.6. The SMILES string of the molecule is Cc1nc(-c2cccnc2)sc1C(=O)NC(CC(=N)c1cccnc1)c1ccccc1O. The largest absolute Gasteiger partial charge is 0.508 e. The molecule has 4 aromatic rings. The summed E-state index contributed by atoms with van der Waals surface area (Å²) in [5.74, 6) is -0.240. The first-order valence-corrected chi connectivity index (χ1v) is 10.8. The van der Waals surface area contributed by atoms with Crippen molar-refractivity contribution in [1.82, 2.24) is 20.3 Å². The molecule has 1 unspecified atom stereocenters. The zero-order valence-corrected chi connectivity index (χ0v) is 18.1. The first-order valence-electron chi connectivity index (χ1n) is 9.97. The van der Waals surface area contributed by atoms with Crippen LogP contribution >= 0.6 is 11.3 Å². The second kappa shape index (κ2) is 9.49. The number of aryl methyl sites for hydroxylation is 1. The van der Waals surface area contributed by atoms with Gasteiger partial charge in [0.2, 0.25) is 0 Å². The van der Waals surface area contributed by atoms with Gasteiger partial charge < -0.3 is 15.8 Å². The van der Waals surface area contributed by atoms with Crippen LogP contribution < -0.4 is 5.32 Å². The van der Waals surface area contributed by atoms with E-state index in [0.717, 1.165) is 5.56 Å². The number of aromatic hydroxyl groups is 1. The maximum atomic E-state index is 13.2. The molecule has 3 aromatic heterocycles. The Kier molecular flexibility index (Phi) is 6.32. The topological polar surface area (TPSA) is 112 Å². The molecule has 4 rings (SSSR count). The highest BCUT2D eigenvalue weighted by atomic mass is 32.1. The Morgan fingerprint density at radius 1 is 1.09 bits per heavy atom. The van der Waals surface area contributed by atoms with Gasteiger partial charge in [0.1, 0.15) is 15.6 Å². The van der Waals surface area contributed by atoms with Gasteiger partial charge in [0.15, 0.2) is 0 Å². The molecule has 0 saturated carbocycles. The summed E-state index contributed by atoms with van der Waals surface area (Å²) in [6.07, 6.45) is 6.85. The van der Waals surface area contributed by atoms with Gasteiger partial charge >= 0.3 is 0 Å². The molecule has 0 radical (unpaired) electrons. The Morgan fingerprint density at radius 3 is 2.53 bits per heavy atom. The lowest BCUT2D eigenvalue weighted by Crippen LogP contribution is -2.30. The van der Waals surface area contributed by atoms with Gasteiger partial charge in [-0.25, -0.2) is 4.98 Å². The number of aromatic nitrogens is 3. The molecular formula is C24H21N5O2S. The van der Waals surface area contributed by atoms with Crippen molar-refractivity contribution in [3.05, 3.63) is 95.0 Å². The number of hydrogen-bond donors (Lipinski definition) is 3. The molecule has 1 aromatic carbocycles. The lowest BCUT2D eigenvalue weighted by molar-refractivity contribution is 0.0941. The van der Waals surface area contributed by atoms with Crippen LogP contribution in [0.4, 0.5) is 0 Å². The highest BCUT2D eigenvalue weighted by molar-refractivity contribution is 7.17. The van der Waals surface area contributed by atoms with Crippen molar-refractivity contribution in [3.63, 3.8) is 0 Å². The molecule has 0 saturated heterocycles. The number of carbonyl (C=O) groups is 1. The van der Waals surface area contributed by atoms with Crippen molar-refractivity contribution in [1.29, 1.82) is 5.41 Å². The number of benzene rings is 1.